The lowest BCUT2D eigenvalue weighted by atomic mass is 10.1. The number of imide groups is 1. The van der Waals surface area contributed by atoms with Gasteiger partial charge in [-0.1, -0.05) is 23.9 Å². The molecule has 5 nitrogen and oxygen atoms in total. The lowest BCUT2D eigenvalue weighted by Crippen LogP contribution is -2.29. The van der Waals surface area contributed by atoms with Crippen LogP contribution in [0.25, 0.3) is 10.2 Å². The molecule has 2 aromatic carbocycles. The summed E-state index contributed by atoms with van der Waals surface area (Å²) in [4.78, 5) is 41.9. The highest BCUT2D eigenvalue weighted by molar-refractivity contribution is 8.01. The smallest absolute Gasteiger partial charge is 0.266 e. The lowest BCUT2D eigenvalue weighted by Gasteiger charge is -2.13. The summed E-state index contributed by atoms with van der Waals surface area (Å²) in [7, 11) is 0. The van der Waals surface area contributed by atoms with Gasteiger partial charge in [0.25, 0.3) is 11.8 Å². The summed E-state index contributed by atoms with van der Waals surface area (Å²) in [5.74, 6) is -0.146. The van der Waals surface area contributed by atoms with Gasteiger partial charge in [-0.3, -0.25) is 14.4 Å². The van der Waals surface area contributed by atoms with Crippen molar-refractivity contribution >= 4 is 56.6 Å². The minimum Gasteiger partial charge on any atom is -0.299 e. The number of carbonyl (C=O) groups is 3. The molecule has 0 bridgehead atoms. The molecule has 4 rings (SSSR count). The first-order valence-electron chi connectivity index (χ1n) is 7.55. The van der Waals surface area contributed by atoms with Crippen molar-refractivity contribution in [3.63, 3.8) is 0 Å². The average molecular weight is 368 g/mol. The Balaban J connectivity index is 1.69. The molecule has 0 saturated carbocycles. The van der Waals surface area contributed by atoms with E-state index >= 15 is 0 Å². The van der Waals surface area contributed by atoms with Crippen LogP contribution in [-0.2, 0) is 4.79 Å². The van der Waals surface area contributed by atoms with Crippen molar-refractivity contribution in [1.29, 1.82) is 0 Å². The summed E-state index contributed by atoms with van der Waals surface area (Å²) in [6.45, 7) is 1.54. The maximum absolute atomic E-state index is 12.6. The van der Waals surface area contributed by atoms with Crippen LogP contribution in [0, 0.1) is 0 Å². The number of benzene rings is 2. The van der Waals surface area contributed by atoms with Gasteiger partial charge >= 0.3 is 0 Å². The Hall–Kier alpha value is -2.51. The molecular formula is C18H12N2O3S2. The first kappa shape index (κ1) is 16.0. The first-order chi connectivity index (χ1) is 12.0. The standard InChI is InChI=1S/C18H12N2O3S2/c1-10(21)9-24-18-19-14-7-6-11(8-15(14)25-18)20-16(22)12-4-2-3-5-13(12)17(20)23/h2-8H,9H2,1H3. The molecule has 3 aromatic rings. The van der Waals surface area contributed by atoms with E-state index < -0.39 is 0 Å². The van der Waals surface area contributed by atoms with E-state index in [4.69, 9.17) is 0 Å². The number of thiazole rings is 1. The van der Waals surface area contributed by atoms with Crippen LogP contribution in [-0.4, -0.2) is 28.3 Å². The number of hydrogen-bond acceptors (Lipinski definition) is 6. The highest BCUT2D eigenvalue weighted by Crippen LogP contribution is 2.34. The molecule has 1 aromatic heterocycles. The van der Waals surface area contributed by atoms with Crippen molar-refractivity contribution in [1.82, 2.24) is 4.98 Å². The zero-order chi connectivity index (χ0) is 17.6. The van der Waals surface area contributed by atoms with Crippen molar-refractivity contribution in [3.8, 4) is 0 Å². The second kappa shape index (κ2) is 6.09. The molecule has 0 aliphatic carbocycles. The SMILES string of the molecule is CC(=O)CSc1nc2ccc(N3C(=O)c4ccccc4C3=O)cc2s1. The topological polar surface area (TPSA) is 67.3 Å². The Labute approximate surface area is 151 Å². The molecule has 2 heterocycles. The van der Waals surface area contributed by atoms with Crippen LogP contribution in [0.15, 0.2) is 46.8 Å². The lowest BCUT2D eigenvalue weighted by molar-refractivity contribution is -0.114. The van der Waals surface area contributed by atoms with Gasteiger partial charge in [0.2, 0.25) is 0 Å². The van der Waals surface area contributed by atoms with Crippen molar-refractivity contribution < 1.29 is 14.4 Å². The van der Waals surface area contributed by atoms with Gasteiger partial charge in [-0.25, -0.2) is 9.88 Å². The number of amides is 2. The molecule has 0 radical (unpaired) electrons. The molecule has 1 aliphatic rings. The maximum Gasteiger partial charge on any atom is 0.266 e. The number of rotatable bonds is 4. The van der Waals surface area contributed by atoms with E-state index in [0.717, 1.165) is 14.6 Å². The van der Waals surface area contributed by atoms with E-state index in [1.54, 1.807) is 49.4 Å². The van der Waals surface area contributed by atoms with Crippen molar-refractivity contribution in [2.45, 2.75) is 11.3 Å². The molecule has 1 aliphatic heterocycles. The van der Waals surface area contributed by atoms with Crippen LogP contribution >= 0.6 is 23.1 Å². The Morgan fingerprint density at radius 1 is 1.12 bits per heavy atom. The van der Waals surface area contributed by atoms with E-state index in [1.807, 2.05) is 0 Å². The zero-order valence-corrected chi connectivity index (χ0v) is 14.8. The Morgan fingerprint density at radius 2 is 1.80 bits per heavy atom. The number of Topliss-reactive ketones (excluding diaryl/α,β-unsaturated/α-hetero) is 1. The predicted octanol–water partition coefficient (Wildman–Crippen LogP) is 3.78. The van der Waals surface area contributed by atoms with Gasteiger partial charge in [0, 0.05) is 0 Å². The van der Waals surface area contributed by atoms with Gasteiger partial charge in [-0.2, -0.15) is 0 Å². The second-order valence-electron chi connectivity index (χ2n) is 5.61. The van der Waals surface area contributed by atoms with Crippen LogP contribution in [0.1, 0.15) is 27.6 Å². The number of nitrogens with zero attached hydrogens (tertiary/aromatic N) is 2. The number of fused-ring (bicyclic) bond motifs is 2. The van der Waals surface area contributed by atoms with Gasteiger partial charge in [-0.05, 0) is 37.3 Å². The summed E-state index contributed by atoms with van der Waals surface area (Å²) in [5.41, 5.74) is 2.17. The summed E-state index contributed by atoms with van der Waals surface area (Å²) in [5, 5.41) is 0. The number of ketones is 1. The number of anilines is 1. The van der Waals surface area contributed by atoms with Crippen molar-refractivity contribution in [2.24, 2.45) is 0 Å². The number of aromatic nitrogens is 1. The van der Waals surface area contributed by atoms with Crippen LogP contribution < -0.4 is 4.90 Å². The highest BCUT2D eigenvalue weighted by atomic mass is 32.2. The minimum atomic E-state index is -0.310. The van der Waals surface area contributed by atoms with E-state index in [2.05, 4.69) is 4.98 Å². The molecule has 25 heavy (non-hydrogen) atoms. The fraction of sp³-hybridized carbons (Fsp3) is 0.111. The van der Waals surface area contributed by atoms with E-state index in [0.29, 0.717) is 22.6 Å². The third-order valence-electron chi connectivity index (χ3n) is 3.80. The Kier molecular flexibility index (Phi) is 3.89. The van der Waals surface area contributed by atoms with Gasteiger partial charge in [0.05, 0.1) is 32.8 Å². The van der Waals surface area contributed by atoms with Crippen LogP contribution in [0.3, 0.4) is 0 Å². The third kappa shape index (κ3) is 2.75. The molecule has 0 unspecified atom stereocenters. The van der Waals surface area contributed by atoms with E-state index in [-0.39, 0.29) is 17.6 Å². The van der Waals surface area contributed by atoms with Crippen molar-refractivity contribution in [2.75, 3.05) is 10.7 Å². The summed E-state index contributed by atoms with van der Waals surface area (Å²) in [6.07, 6.45) is 0. The monoisotopic (exact) mass is 368 g/mol. The average Bonchev–Trinajstić information content (AvgIpc) is 3.12. The molecule has 0 N–H and O–H groups in total. The van der Waals surface area contributed by atoms with E-state index in [9.17, 15) is 14.4 Å². The number of carbonyl (C=O) groups excluding carboxylic acids is 3. The molecule has 7 heteroatoms. The molecule has 0 atom stereocenters. The van der Waals surface area contributed by atoms with E-state index in [1.165, 1.54) is 28.0 Å². The number of hydrogen-bond donors (Lipinski definition) is 0. The van der Waals surface area contributed by atoms with Crippen LogP contribution in [0.4, 0.5) is 5.69 Å². The fourth-order valence-electron chi connectivity index (χ4n) is 2.68. The summed E-state index contributed by atoms with van der Waals surface area (Å²) < 4.78 is 1.67. The first-order valence-corrected chi connectivity index (χ1v) is 9.35. The number of thioether (sulfide) groups is 1. The maximum atomic E-state index is 12.6. The largest absolute Gasteiger partial charge is 0.299 e. The Bertz CT molecular complexity index is 1010. The molecule has 0 saturated heterocycles. The Morgan fingerprint density at radius 3 is 2.44 bits per heavy atom. The zero-order valence-electron chi connectivity index (χ0n) is 13.2. The fourth-order valence-corrected chi connectivity index (χ4v) is 4.58. The predicted molar refractivity (Wildman–Crippen MR) is 98.6 cm³/mol. The third-order valence-corrected chi connectivity index (χ3v) is 6.11. The highest BCUT2D eigenvalue weighted by Gasteiger charge is 2.36. The summed E-state index contributed by atoms with van der Waals surface area (Å²) >= 11 is 2.84. The molecule has 2 amide bonds. The second-order valence-corrected chi connectivity index (χ2v) is 7.87. The molecular weight excluding hydrogens is 356 g/mol. The quantitative estimate of drug-likeness (QED) is 0.518. The molecule has 124 valence electrons. The van der Waals surface area contributed by atoms with Gasteiger partial charge in [0.1, 0.15) is 5.78 Å². The minimum absolute atomic E-state index is 0.0935. The molecule has 0 spiro atoms. The van der Waals surface area contributed by atoms with Crippen molar-refractivity contribution in [3.05, 3.63) is 53.6 Å². The van der Waals surface area contributed by atoms with Gasteiger partial charge in [0.15, 0.2) is 4.34 Å². The van der Waals surface area contributed by atoms with Crippen LogP contribution in [0.5, 0.6) is 0 Å². The normalized spacial score (nSPS) is 13.6. The van der Waals surface area contributed by atoms with Crippen LogP contribution in [0.2, 0.25) is 0 Å². The van der Waals surface area contributed by atoms with Gasteiger partial charge < -0.3 is 0 Å². The summed E-state index contributed by atoms with van der Waals surface area (Å²) in [6, 6.07) is 12.1. The van der Waals surface area contributed by atoms with Gasteiger partial charge in [-0.15, -0.1) is 11.3 Å². The molecule has 0 fully saturated rings.